The Morgan fingerprint density at radius 2 is 1.56 bits per heavy atom. The fourth-order valence-electron chi connectivity index (χ4n) is 4.80. The smallest absolute Gasteiger partial charge is 0.252 e. The Morgan fingerprint density at radius 1 is 0.944 bits per heavy atom. The van der Waals surface area contributed by atoms with E-state index in [4.69, 9.17) is 27.9 Å². The van der Waals surface area contributed by atoms with Crippen LogP contribution in [0.3, 0.4) is 0 Å². The van der Waals surface area contributed by atoms with E-state index in [0.717, 1.165) is 50.2 Å². The van der Waals surface area contributed by atoms with Crippen LogP contribution in [0.2, 0.25) is 10.0 Å². The Kier molecular flexibility index (Phi) is 8.26. The molecule has 2 N–H and O–H groups in total. The number of hydrogen-bond donors (Lipinski definition) is 2. The highest BCUT2D eigenvalue weighted by Gasteiger charge is 2.29. The summed E-state index contributed by atoms with van der Waals surface area (Å²) in [5, 5.41) is 6.48. The van der Waals surface area contributed by atoms with Gasteiger partial charge >= 0.3 is 0 Å². The molecular formula is C28H31Cl2FN2O3. The van der Waals surface area contributed by atoms with Crippen molar-refractivity contribution in [1.82, 2.24) is 5.32 Å². The van der Waals surface area contributed by atoms with Crippen LogP contribution >= 0.6 is 23.2 Å². The summed E-state index contributed by atoms with van der Waals surface area (Å²) in [4.78, 5) is 26.5. The van der Waals surface area contributed by atoms with Crippen LogP contribution in [0.1, 0.15) is 70.8 Å². The summed E-state index contributed by atoms with van der Waals surface area (Å²) in [6.07, 6.45) is 6.55. The minimum Gasteiger partial charge on any atom is -0.489 e. The molecular weight excluding hydrogens is 502 g/mol. The molecule has 0 aromatic heterocycles. The number of rotatable bonds is 7. The molecule has 4 rings (SSSR count). The summed E-state index contributed by atoms with van der Waals surface area (Å²) in [7, 11) is 0. The predicted molar refractivity (Wildman–Crippen MR) is 141 cm³/mol. The third kappa shape index (κ3) is 6.22. The highest BCUT2D eigenvalue weighted by Crippen LogP contribution is 2.35. The van der Waals surface area contributed by atoms with Crippen molar-refractivity contribution in [3.63, 3.8) is 0 Å². The summed E-state index contributed by atoms with van der Waals surface area (Å²) in [6, 6.07) is 9.85. The molecule has 2 aliphatic rings. The third-order valence-electron chi connectivity index (χ3n) is 6.87. The molecule has 2 amide bonds. The lowest BCUT2D eigenvalue weighted by Gasteiger charge is -2.29. The van der Waals surface area contributed by atoms with Crippen molar-refractivity contribution in [2.75, 3.05) is 5.32 Å². The molecule has 2 aromatic carbocycles. The van der Waals surface area contributed by atoms with Gasteiger partial charge in [0.2, 0.25) is 5.91 Å². The average molecular weight is 533 g/mol. The Bertz CT molecular complexity index is 1170. The Hall–Kier alpha value is -2.57. The largest absolute Gasteiger partial charge is 0.489 e. The monoisotopic (exact) mass is 532 g/mol. The van der Waals surface area contributed by atoms with Gasteiger partial charge in [0.25, 0.3) is 5.91 Å². The number of benzene rings is 2. The van der Waals surface area contributed by atoms with Crippen LogP contribution in [-0.2, 0) is 15.1 Å². The van der Waals surface area contributed by atoms with Crippen molar-refractivity contribution in [1.29, 1.82) is 0 Å². The van der Waals surface area contributed by atoms with Gasteiger partial charge < -0.3 is 15.4 Å². The normalized spacial score (nSPS) is 16.7. The van der Waals surface area contributed by atoms with E-state index in [0.29, 0.717) is 34.8 Å². The maximum Gasteiger partial charge on any atom is 0.252 e. The van der Waals surface area contributed by atoms with E-state index in [1.165, 1.54) is 6.07 Å². The van der Waals surface area contributed by atoms with E-state index in [-0.39, 0.29) is 22.7 Å². The quantitative estimate of drug-likeness (QED) is 0.392. The van der Waals surface area contributed by atoms with Gasteiger partial charge in [-0.2, -0.15) is 0 Å². The molecule has 0 spiro atoms. The van der Waals surface area contributed by atoms with Crippen molar-refractivity contribution < 1.29 is 18.7 Å². The van der Waals surface area contributed by atoms with Crippen molar-refractivity contribution in [2.45, 2.75) is 76.9 Å². The second-order valence-electron chi connectivity index (χ2n) is 9.99. The minimum atomic E-state index is -0.678. The first-order valence-corrected chi connectivity index (χ1v) is 13.2. The summed E-state index contributed by atoms with van der Waals surface area (Å²) in [5.41, 5.74) is 0.996. The zero-order valence-corrected chi connectivity index (χ0v) is 22.1. The number of amides is 2. The molecule has 192 valence electrons. The molecule has 0 saturated heterocycles. The number of hydrogen-bond acceptors (Lipinski definition) is 3. The molecule has 1 fully saturated rings. The van der Waals surface area contributed by atoms with E-state index in [1.807, 2.05) is 26.0 Å². The average Bonchev–Trinajstić information content (AvgIpc) is 3.35. The number of anilines is 1. The van der Waals surface area contributed by atoms with Gasteiger partial charge in [0.05, 0.1) is 22.4 Å². The first-order chi connectivity index (χ1) is 17.1. The Balaban J connectivity index is 1.54. The lowest BCUT2D eigenvalue weighted by molar-refractivity contribution is -0.120. The van der Waals surface area contributed by atoms with E-state index < -0.39 is 17.3 Å². The van der Waals surface area contributed by atoms with Crippen LogP contribution in [0.25, 0.3) is 0 Å². The maximum atomic E-state index is 14.7. The SMILES string of the molecule is CC(C)(NC(=O)C1=C(C(=O)Nc2cc(OC3CCCC3)c(Cl)cc2F)CCCC1)c1ccc(Cl)cc1. The molecule has 2 aromatic rings. The Labute approximate surface area is 221 Å². The van der Waals surface area contributed by atoms with Gasteiger partial charge in [-0.15, -0.1) is 0 Å². The molecule has 0 bridgehead atoms. The van der Waals surface area contributed by atoms with Crippen molar-refractivity contribution >= 4 is 40.7 Å². The van der Waals surface area contributed by atoms with E-state index >= 15 is 0 Å². The van der Waals surface area contributed by atoms with Gasteiger partial charge in [0.15, 0.2) is 0 Å². The summed E-state index contributed by atoms with van der Waals surface area (Å²) in [6.45, 7) is 3.79. The minimum absolute atomic E-state index is 0.0169. The standard InChI is InChI=1S/C28H31Cl2FN2O3/c1-28(2,17-11-13-18(29)14-12-17)33-27(35)21-10-6-5-9-20(21)26(34)32-24-16-25(22(30)15-23(24)31)36-19-7-3-4-8-19/h11-16,19H,3-10H2,1-2H3,(H,32,34)(H,33,35). The molecule has 0 aliphatic heterocycles. The molecule has 0 atom stereocenters. The van der Waals surface area contributed by atoms with E-state index in [9.17, 15) is 14.0 Å². The lowest BCUT2D eigenvalue weighted by atomic mass is 9.88. The van der Waals surface area contributed by atoms with Crippen LogP contribution < -0.4 is 15.4 Å². The van der Waals surface area contributed by atoms with Gasteiger partial charge in [0.1, 0.15) is 11.6 Å². The zero-order chi connectivity index (χ0) is 25.9. The first-order valence-electron chi connectivity index (χ1n) is 12.4. The first kappa shape index (κ1) is 26.5. The number of ether oxygens (including phenoxy) is 1. The van der Waals surface area contributed by atoms with E-state index in [2.05, 4.69) is 10.6 Å². The van der Waals surface area contributed by atoms with Crippen LogP contribution in [0, 0.1) is 5.82 Å². The molecule has 0 unspecified atom stereocenters. The second-order valence-corrected chi connectivity index (χ2v) is 10.8. The topological polar surface area (TPSA) is 67.4 Å². The molecule has 36 heavy (non-hydrogen) atoms. The summed E-state index contributed by atoms with van der Waals surface area (Å²) in [5.74, 6) is -1.10. The van der Waals surface area contributed by atoms with Crippen molar-refractivity contribution in [3.8, 4) is 5.75 Å². The fourth-order valence-corrected chi connectivity index (χ4v) is 5.12. The lowest BCUT2D eigenvalue weighted by Crippen LogP contribution is -2.42. The zero-order valence-electron chi connectivity index (χ0n) is 20.6. The van der Waals surface area contributed by atoms with Crippen LogP contribution in [-0.4, -0.2) is 17.9 Å². The fraction of sp³-hybridized carbons (Fsp3) is 0.429. The van der Waals surface area contributed by atoms with Crippen molar-refractivity contribution in [3.05, 3.63) is 69.0 Å². The number of halogens is 3. The van der Waals surface area contributed by atoms with Crippen LogP contribution in [0.15, 0.2) is 47.5 Å². The van der Waals surface area contributed by atoms with Crippen molar-refractivity contribution in [2.24, 2.45) is 0 Å². The molecule has 0 heterocycles. The van der Waals surface area contributed by atoms with Crippen LogP contribution in [0.5, 0.6) is 5.75 Å². The number of nitrogens with one attached hydrogen (secondary N) is 2. The number of carbonyl (C=O) groups excluding carboxylic acids is 2. The molecule has 8 heteroatoms. The van der Waals surface area contributed by atoms with Gasteiger partial charge in [0, 0.05) is 22.2 Å². The summed E-state index contributed by atoms with van der Waals surface area (Å²) >= 11 is 12.2. The predicted octanol–water partition coefficient (Wildman–Crippen LogP) is 7.31. The highest BCUT2D eigenvalue weighted by molar-refractivity contribution is 6.32. The maximum absolute atomic E-state index is 14.7. The molecule has 5 nitrogen and oxygen atoms in total. The Morgan fingerprint density at radius 3 is 2.19 bits per heavy atom. The second kappa shape index (κ2) is 11.2. The molecule has 2 aliphatic carbocycles. The van der Waals surface area contributed by atoms with Gasteiger partial charge in [-0.1, -0.05) is 35.3 Å². The van der Waals surface area contributed by atoms with Crippen LogP contribution in [0.4, 0.5) is 10.1 Å². The van der Waals surface area contributed by atoms with Gasteiger partial charge in [-0.05, 0) is 89.0 Å². The number of carbonyl (C=O) groups is 2. The third-order valence-corrected chi connectivity index (χ3v) is 7.42. The summed E-state index contributed by atoms with van der Waals surface area (Å²) < 4.78 is 20.7. The molecule has 0 radical (unpaired) electrons. The van der Waals surface area contributed by atoms with Gasteiger partial charge in [-0.25, -0.2) is 4.39 Å². The van der Waals surface area contributed by atoms with Gasteiger partial charge in [-0.3, -0.25) is 9.59 Å². The molecule has 1 saturated carbocycles. The highest BCUT2D eigenvalue weighted by atomic mass is 35.5. The van der Waals surface area contributed by atoms with E-state index in [1.54, 1.807) is 12.1 Å².